The van der Waals surface area contributed by atoms with Crippen LogP contribution in [0.25, 0.3) is 0 Å². The standard InChI is InChI=1S/C9H9F3N2OS/c10-9(11,12)8(15)14-3-2-13-5-6-1-4-16-7(6)14/h1,4,13H,2-3,5H2. The van der Waals surface area contributed by atoms with E-state index >= 15 is 0 Å². The zero-order valence-electron chi connectivity index (χ0n) is 8.17. The van der Waals surface area contributed by atoms with E-state index in [4.69, 9.17) is 0 Å². The molecule has 3 nitrogen and oxygen atoms in total. The number of hydrogen-bond acceptors (Lipinski definition) is 3. The molecule has 1 aromatic heterocycles. The van der Waals surface area contributed by atoms with Gasteiger partial charge in [-0.1, -0.05) is 0 Å². The van der Waals surface area contributed by atoms with Crippen LogP contribution in [-0.2, 0) is 11.3 Å². The molecule has 0 fully saturated rings. The van der Waals surface area contributed by atoms with Crippen molar-refractivity contribution in [2.24, 2.45) is 0 Å². The lowest BCUT2D eigenvalue weighted by Gasteiger charge is -2.21. The highest BCUT2D eigenvalue weighted by atomic mass is 32.1. The van der Waals surface area contributed by atoms with Crippen LogP contribution in [0.4, 0.5) is 18.2 Å². The Kier molecular flexibility index (Phi) is 2.90. The van der Waals surface area contributed by atoms with E-state index in [1.165, 1.54) is 0 Å². The number of carbonyl (C=O) groups is 1. The molecular formula is C9H9F3N2OS. The van der Waals surface area contributed by atoms with Gasteiger partial charge in [-0.05, 0) is 11.4 Å². The van der Waals surface area contributed by atoms with Gasteiger partial charge in [0.25, 0.3) is 0 Å². The molecule has 0 bridgehead atoms. The predicted molar refractivity (Wildman–Crippen MR) is 54.4 cm³/mol. The Bertz CT molecular complexity index is 402. The molecule has 1 aliphatic heterocycles. The summed E-state index contributed by atoms with van der Waals surface area (Å²) in [5.74, 6) is -1.79. The van der Waals surface area contributed by atoms with Crippen molar-refractivity contribution in [3.05, 3.63) is 17.0 Å². The van der Waals surface area contributed by atoms with Gasteiger partial charge in [-0.15, -0.1) is 11.3 Å². The van der Waals surface area contributed by atoms with E-state index in [0.717, 1.165) is 21.8 Å². The van der Waals surface area contributed by atoms with Gasteiger partial charge >= 0.3 is 12.1 Å². The van der Waals surface area contributed by atoms with Crippen LogP contribution < -0.4 is 10.2 Å². The van der Waals surface area contributed by atoms with Crippen molar-refractivity contribution in [3.8, 4) is 0 Å². The number of amides is 1. The summed E-state index contributed by atoms with van der Waals surface area (Å²) in [6, 6.07) is 1.73. The van der Waals surface area contributed by atoms with Crippen LogP contribution in [0.5, 0.6) is 0 Å². The maximum Gasteiger partial charge on any atom is 0.471 e. The highest BCUT2D eigenvalue weighted by Crippen LogP contribution is 2.32. The van der Waals surface area contributed by atoms with Crippen LogP contribution in [0, 0.1) is 0 Å². The van der Waals surface area contributed by atoms with Crippen LogP contribution in [0.1, 0.15) is 5.56 Å². The zero-order chi connectivity index (χ0) is 11.8. The fourth-order valence-electron chi connectivity index (χ4n) is 1.56. The van der Waals surface area contributed by atoms with Crippen molar-refractivity contribution in [3.63, 3.8) is 0 Å². The average molecular weight is 250 g/mol. The number of halogens is 3. The smallest absolute Gasteiger partial charge is 0.311 e. The lowest BCUT2D eigenvalue weighted by Crippen LogP contribution is -2.42. The maximum absolute atomic E-state index is 12.4. The molecule has 0 aromatic carbocycles. The van der Waals surface area contributed by atoms with E-state index in [0.29, 0.717) is 18.1 Å². The molecular weight excluding hydrogens is 241 g/mol. The number of anilines is 1. The molecule has 0 atom stereocenters. The van der Waals surface area contributed by atoms with Gasteiger partial charge in [0.1, 0.15) is 5.00 Å². The topological polar surface area (TPSA) is 32.3 Å². The minimum atomic E-state index is -4.81. The highest BCUT2D eigenvalue weighted by molar-refractivity contribution is 7.14. The van der Waals surface area contributed by atoms with E-state index in [9.17, 15) is 18.0 Å². The second kappa shape index (κ2) is 4.06. The van der Waals surface area contributed by atoms with Crippen molar-refractivity contribution in [2.45, 2.75) is 12.7 Å². The molecule has 1 aromatic rings. The second-order valence-corrected chi connectivity index (χ2v) is 4.28. The number of thiophene rings is 1. The van der Waals surface area contributed by atoms with Crippen molar-refractivity contribution in [1.82, 2.24) is 5.32 Å². The van der Waals surface area contributed by atoms with Gasteiger partial charge in [0.2, 0.25) is 0 Å². The van der Waals surface area contributed by atoms with Gasteiger partial charge in [-0.2, -0.15) is 13.2 Å². The van der Waals surface area contributed by atoms with E-state index in [1.807, 2.05) is 0 Å². The molecule has 88 valence electrons. The molecule has 1 amide bonds. The Hall–Kier alpha value is -1.08. The lowest BCUT2D eigenvalue weighted by molar-refractivity contribution is -0.170. The van der Waals surface area contributed by atoms with E-state index in [1.54, 1.807) is 11.4 Å². The van der Waals surface area contributed by atoms with Crippen LogP contribution in [0.15, 0.2) is 11.4 Å². The van der Waals surface area contributed by atoms with E-state index in [-0.39, 0.29) is 6.54 Å². The SMILES string of the molecule is O=C(N1CCNCc2ccsc21)C(F)(F)F. The summed E-state index contributed by atoms with van der Waals surface area (Å²) >= 11 is 1.16. The Labute approximate surface area is 93.9 Å². The van der Waals surface area contributed by atoms with Crippen LogP contribution in [-0.4, -0.2) is 25.2 Å². The molecule has 16 heavy (non-hydrogen) atoms. The normalized spacial score (nSPS) is 16.8. The molecule has 7 heteroatoms. The first-order valence-corrected chi connectivity index (χ1v) is 5.54. The molecule has 2 rings (SSSR count). The number of carbonyl (C=O) groups excluding carboxylic acids is 1. The molecule has 1 aliphatic rings. The monoisotopic (exact) mass is 250 g/mol. The van der Waals surface area contributed by atoms with Gasteiger partial charge in [0.05, 0.1) is 0 Å². The van der Waals surface area contributed by atoms with Gasteiger partial charge in [0.15, 0.2) is 0 Å². The Balaban J connectivity index is 2.33. The lowest BCUT2D eigenvalue weighted by atomic mass is 10.3. The molecule has 1 N–H and O–H groups in total. The third kappa shape index (κ3) is 2.05. The summed E-state index contributed by atoms with van der Waals surface area (Å²) in [5, 5.41) is 5.06. The number of fused-ring (bicyclic) bond motifs is 1. The first-order valence-electron chi connectivity index (χ1n) is 4.66. The predicted octanol–water partition coefficient (Wildman–Crippen LogP) is 1.75. The van der Waals surface area contributed by atoms with Gasteiger partial charge in [0, 0.05) is 25.2 Å². The summed E-state index contributed by atoms with van der Waals surface area (Å²) in [6.07, 6.45) is -4.81. The van der Waals surface area contributed by atoms with Crippen LogP contribution in [0.3, 0.4) is 0 Å². The molecule has 0 spiro atoms. The fourth-order valence-corrected chi connectivity index (χ4v) is 2.52. The van der Waals surface area contributed by atoms with Crippen molar-refractivity contribution in [2.75, 3.05) is 18.0 Å². The number of hydrogen-bond donors (Lipinski definition) is 1. The maximum atomic E-state index is 12.4. The van der Waals surface area contributed by atoms with Crippen molar-refractivity contribution >= 4 is 22.2 Å². The largest absolute Gasteiger partial charge is 0.471 e. The molecule has 0 saturated heterocycles. The third-order valence-electron chi connectivity index (χ3n) is 2.28. The molecule has 0 unspecified atom stereocenters. The molecule has 0 saturated carbocycles. The number of nitrogens with zero attached hydrogens (tertiary/aromatic N) is 1. The molecule has 2 heterocycles. The van der Waals surface area contributed by atoms with Crippen LogP contribution >= 0.6 is 11.3 Å². The summed E-state index contributed by atoms with van der Waals surface area (Å²) < 4.78 is 37.1. The van der Waals surface area contributed by atoms with Gasteiger partial charge in [-0.25, -0.2) is 0 Å². The highest BCUT2D eigenvalue weighted by Gasteiger charge is 2.43. The Morgan fingerprint density at radius 2 is 2.25 bits per heavy atom. The molecule has 0 aliphatic carbocycles. The second-order valence-electron chi connectivity index (χ2n) is 3.38. The minimum Gasteiger partial charge on any atom is -0.311 e. The van der Waals surface area contributed by atoms with Crippen molar-refractivity contribution < 1.29 is 18.0 Å². The van der Waals surface area contributed by atoms with Crippen molar-refractivity contribution in [1.29, 1.82) is 0 Å². The fraction of sp³-hybridized carbons (Fsp3) is 0.444. The Morgan fingerprint density at radius 3 is 2.94 bits per heavy atom. The first-order chi connectivity index (χ1) is 7.50. The summed E-state index contributed by atoms with van der Waals surface area (Å²) in [4.78, 5) is 12.0. The quantitative estimate of drug-likeness (QED) is 0.760. The summed E-state index contributed by atoms with van der Waals surface area (Å²) in [7, 11) is 0. The zero-order valence-corrected chi connectivity index (χ0v) is 8.99. The van der Waals surface area contributed by atoms with Gasteiger partial charge < -0.3 is 5.32 Å². The first kappa shape index (κ1) is 11.4. The number of nitrogens with one attached hydrogen (secondary N) is 1. The number of alkyl halides is 3. The average Bonchev–Trinajstić information content (AvgIpc) is 2.56. The summed E-state index contributed by atoms with van der Waals surface area (Å²) in [5.41, 5.74) is 0.736. The Morgan fingerprint density at radius 1 is 1.50 bits per heavy atom. The minimum absolute atomic E-state index is 0.0475. The molecule has 0 radical (unpaired) electrons. The van der Waals surface area contributed by atoms with Gasteiger partial charge in [-0.3, -0.25) is 9.69 Å². The number of rotatable bonds is 0. The summed E-state index contributed by atoms with van der Waals surface area (Å²) in [6.45, 7) is 0.912. The van der Waals surface area contributed by atoms with E-state index < -0.39 is 12.1 Å². The van der Waals surface area contributed by atoms with E-state index in [2.05, 4.69) is 5.32 Å². The third-order valence-corrected chi connectivity index (χ3v) is 3.26. The van der Waals surface area contributed by atoms with Crippen LogP contribution in [0.2, 0.25) is 0 Å².